The number of carbonyl (C=O) groups is 3. The van der Waals surface area contributed by atoms with Gasteiger partial charge in [0.25, 0.3) is 0 Å². The Morgan fingerprint density at radius 1 is 0.574 bits per heavy atom. The van der Waals surface area contributed by atoms with Crippen LogP contribution in [-0.2, 0) is 37.5 Å². The molecule has 0 aliphatic heterocycles. The molecule has 0 aliphatic carbocycles. The van der Waals surface area contributed by atoms with E-state index < -0.39 is 51.1 Å². The van der Waals surface area contributed by atoms with Crippen LogP contribution in [0.4, 0.5) is 0 Å². The summed E-state index contributed by atoms with van der Waals surface area (Å²) in [5.74, 6) is -2.38. The van der Waals surface area contributed by atoms with E-state index in [0.29, 0.717) is 12.8 Å². The maximum atomic E-state index is 12.6. The van der Waals surface area contributed by atoms with Crippen LogP contribution in [0.25, 0.3) is 0 Å². The van der Waals surface area contributed by atoms with Crippen LogP contribution < -0.4 is 5.73 Å². The summed E-state index contributed by atoms with van der Waals surface area (Å²) in [6.45, 7) is 2.77. The fourth-order valence-corrected chi connectivity index (χ4v) is 6.58. The number of aliphatic carboxylic acids is 1. The van der Waals surface area contributed by atoms with Crippen LogP contribution in [0.2, 0.25) is 0 Å². The van der Waals surface area contributed by atoms with Crippen molar-refractivity contribution in [3.8, 4) is 0 Å². The predicted octanol–water partition coefficient (Wildman–Crippen LogP) is 11.1. The summed E-state index contributed by atoms with van der Waals surface area (Å²) in [6.07, 6.45) is 38.1. The second kappa shape index (κ2) is 37.9. The van der Waals surface area contributed by atoms with Gasteiger partial charge in [-0.1, -0.05) is 160 Å². The molecule has 0 aliphatic rings. The van der Waals surface area contributed by atoms with E-state index in [1.54, 1.807) is 0 Å². The van der Waals surface area contributed by atoms with Gasteiger partial charge in [0, 0.05) is 12.8 Å². The predicted molar refractivity (Wildman–Crippen MR) is 217 cm³/mol. The average molecular weight is 788 g/mol. The van der Waals surface area contributed by atoms with Crippen LogP contribution in [0.3, 0.4) is 0 Å². The highest BCUT2D eigenvalue weighted by molar-refractivity contribution is 7.47. The van der Waals surface area contributed by atoms with E-state index in [9.17, 15) is 23.8 Å². The fourth-order valence-electron chi connectivity index (χ4n) is 5.80. The van der Waals surface area contributed by atoms with Gasteiger partial charge in [-0.25, -0.2) is 4.57 Å². The zero-order valence-electron chi connectivity index (χ0n) is 34.1. The van der Waals surface area contributed by atoms with Gasteiger partial charge < -0.3 is 25.2 Å². The fraction of sp³-hybridized carbons (Fsp3) is 0.833. The van der Waals surface area contributed by atoms with Crippen molar-refractivity contribution in [1.29, 1.82) is 0 Å². The Labute approximate surface area is 328 Å². The summed E-state index contributed by atoms with van der Waals surface area (Å²) < 4.78 is 32.6. The molecule has 0 aromatic rings. The molecule has 0 rings (SSSR count). The first kappa shape index (κ1) is 52.0. The minimum Gasteiger partial charge on any atom is -0.480 e. The molecule has 4 N–H and O–H groups in total. The van der Waals surface area contributed by atoms with E-state index in [-0.39, 0.29) is 19.4 Å². The number of phosphoric acid groups is 1. The molecule has 11 nitrogen and oxygen atoms in total. The molecule has 0 aromatic carbocycles. The third-order valence-electron chi connectivity index (χ3n) is 9.20. The highest BCUT2D eigenvalue weighted by Gasteiger charge is 2.28. The number of allylic oxidation sites excluding steroid dienone is 4. The third-order valence-corrected chi connectivity index (χ3v) is 10.2. The topological polar surface area (TPSA) is 172 Å². The number of carboxylic acids is 1. The molecule has 316 valence electrons. The van der Waals surface area contributed by atoms with Gasteiger partial charge in [0.15, 0.2) is 6.10 Å². The summed E-state index contributed by atoms with van der Waals surface area (Å²) in [5, 5.41) is 8.87. The molecule has 0 spiro atoms. The second-order valence-corrected chi connectivity index (χ2v) is 15.9. The summed E-state index contributed by atoms with van der Waals surface area (Å²) in [6, 6.07) is -1.52. The number of carboxylic acid groups (broad SMARTS) is 1. The number of hydrogen-bond acceptors (Lipinski definition) is 9. The summed E-state index contributed by atoms with van der Waals surface area (Å²) in [5.41, 5.74) is 5.33. The van der Waals surface area contributed by atoms with Crippen LogP contribution in [0.5, 0.6) is 0 Å². The Bertz CT molecular complexity index is 1020. The molecule has 1 unspecified atom stereocenters. The molecule has 3 atom stereocenters. The lowest BCUT2D eigenvalue weighted by Gasteiger charge is -2.20. The molecular formula is C42H78NO10P. The Morgan fingerprint density at radius 3 is 1.48 bits per heavy atom. The van der Waals surface area contributed by atoms with E-state index >= 15 is 0 Å². The number of carbonyl (C=O) groups excluding carboxylic acids is 2. The molecule has 12 heteroatoms. The minimum absolute atomic E-state index is 0.159. The van der Waals surface area contributed by atoms with Gasteiger partial charge in [-0.2, -0.15) is 0 Å². The number of nitrogens with two attached hydrogens (primary N) is 1. The van der Waals surface area contributed by atoms with E-state index in [2.05, 4.69) is 42.7 Å². The monoisotopic (exact) mass is 788 g/mol. The maximum Gasteiger partial charge on any atom is 0.472 e. The summed E-state index contributed by atoms with van der Waals surface area (Å²) in [7, 11) is -4.71. The summed E-state index contributed by atoms with van der Waals surface area (Å²) in [4.78, 5) is 45.9. The Morgan fingerprint density at radius 2 is 0.981 bits per heavy atom. The smallest absolute Gasteiger partial charge is 0.472 e. The number of phosphoric ester groups is 1. The van der Waals surface area contributed by atoms with Crippen molar-refractivity contribution in [2.75, 3.05) is 19.8 Å². The van der Waals surface area contributed by atoms with Crippen molar-refractivity contribution < 1.29 is 47.5 Å². The molecule has 0 heterocycles. The minimum atomic E-state index is -4.71. The second-order valence-electron chi connectivity index (χ2n) is 14.5. The number of esters is 2. The summed E-state index contributed by atoms with van der Waals surface area (Å²) >= 11 is 0. The van der Waals surface area contributed by atoms with Gasteiger partial charge in [-0.15, -0.1) is 0 Å². The zero-order chi connectivity index (χ0) is 40.0. The van der Waals surface area contributed by atoms with E-state index in [4.69, 9.17) is 24.8 Å². The molecular weight excluding hydrogens is 709 g/mol. The highest BCUT2D eigenvalue weighted by Crippen LogP contribution is 2.43. The molecule has 0 amide bonds. The zero-order valence-corrected chi connectivity index (χ0v) is 35.0. The average Bonchev–Trinajstić information content (AvgIpc) is 3.14. The molecule has 54 heavy (non-hydrogen) atoms. The molecule has 0 saturated carbocycles. The van der Waals surface area contributed by atoms with Gasteiger partial charge in [0.1, 0.15) is 12.6 Å². The Hall–Kier alpha value is -2.04. The number of ether oxygens (including phenoxy) is 2. The molecule has 0 aromatic heterocycles. The van der Waals surface area contributed by atoms with E-state index in [0.717, 1.165) is 51.4 Å². The van der Waals surface area contributed by atoms with Gasteiger partial charge in [-0.05, 0) is 44.9 Å². The van der Waals surface area contributed by atoms with Gasteiger partial charge >= 0.3 is 25.7 Å². The third kappa shape index (κ3) is 36.9. The van der Waals surface area contributed by atoms with Crippen molar-refractivity contribution in [1.82, 2.24) is 0 Å². The van der Waals surface area contributed by atoms with E-state index in [1.165, 1.54) is 103 Å². The number of rotatable bonds is 40. The largest absolute Gasteiger partial charge is 0.480 e. The molecule has 0 saturated heterocycles. The SMILES string of the molecule is CCCCC/C=C\C/C=C\CCCCCCCCCCCC(=O)O[C@H](COC(=O)CCCCCCCCCCCCC)COP(=O)(O)OC[C@H](N)C(=O)O. The van der Waals surface area contributed by atoms with Crippen molar-refractivity contribution in [2.45, 2.75) is 206 Å². The first-order valence-electron chi connectivity index (χ1n) is 21.4. The van der Waals surface area contributed by atoms with Gasteiger partial charge in [0.05, 0.1) is 13.2 Å². The van der Waals surface area contributed by atoms with Crippen molar-refractivity contribution in [3.63, 3.8) is 0 Å². The lowest BCUT2D eigenvalue weighted by molar-refractivity contribution is -0.161. The van der Waals surface area contributed by atoms with Crippen LogP contribution in [0, 0.1) is 0 Å². The maximum absolute atomic E-state index is 12.6. The van der Waals surface area contributed by atoms with Crippen LogP contribution in [0.1, 0.15) is 194 Å². The number of hydrogen-bond donors (Lipinski definition) is 3. The standard InChI is InChI=1S/C42H78NO10P/c1-3-5-7-9-11-13-15-16-17-18-19-20-21-22-24-26-28-30-32-34-41(45)53-38(36-51-54(48,49)52-37-39(43)42(46)47)35-50-40(44)33-31-29-27-25-23-14-12-10-8-6-4-2/h11,13,16-17,38-39H,3-10,12,14-15,18-37,43H2,1-2H3,(H,46,47)(H,48,49)/b13-11-,17-16-/t38-,39+/m1/s1. The quantitative estimate of drug-likeness (QED) is 0.0233. The van der Waals surface area contributed by atoms with Crippen molar-refractivity contribution >= 4 is 25.7 Å². The Kier molecular flexibility index (Phi) is 36.4. The van der Waals surface area contributed by atoms with Crippen molar-refractivity contribution in [2.24, 2.45) is 5.73 Å². The molecule has 0 radical (unpaired) electrons. The normalized spacial score (nSPS) is 14.0. The van der Waals surface area contributed by atoms with Crippen LogP contribution in [0.15, 0.2) is 24.3 Å². The van der Waals surface area contributed by atoms with Crippen molar-refractivity contribution in [3.05, 3.63) is 24.3 Å². The number of unbranched alkanes of at least 4 members (excludes halogenated alkanes) is 22. The van der Waals surface area contributed by atoms with Crippen LogP contribution >= 0.6 is 7.82 Å². The van der Waals surface area contributed by atoms with Gasteiger partial charge in [-0.3, -0.25) is 23.4 Å². The lowest BCUT2D eigenvalue weighted by atomic mass is 10.1. The lowest BCUT2D eigenvalue weighted by Crippen LogP contribution is -2.34. The first-order chi connectivity index (χ1) is 26.1. The van der Waals surface area contributed by atoms with Crippen LogP contribution in [-0.4, -0.2) is 59.9 Å². The highest BCUT2D eigenvalue weighted by atomic mass is 31.2. The Balaban J connectivity index is 4.33. The van der Waals surface area contributed by atoms with Gasteiger partial charge in [0.2, 0.25) is 0 Å². The molecule has 0 fully saturated rings. The molecule has 0 bridgehead atoms. The first-order valence-corrected chi connectivity index (χ1v) is 22.9. The van der Waals surface area contributed by atoms with E-state index in [1.807, 2.05) is 0 Å².